The fourth-order valence-corrected chi connectivity index (χ4v) is 2.27. The van der Waals surface area contributed by atoms with Crippen molar-refractivity contribution in [1.29, 1.82) is 0 Å². The molecule has 0 rings (SSSR count). The zero-order chi connectivity index (χ0) is 20.9. The SMILES string of the molecule is CCCCCC(C=CC=CC=CC(CC=CCC=CCCC(=O)O)OO)OO. The lowest BCUT2D eigenvalue weighted by molar-refractivity contribution is -0.267. The minimum absolute atomic E-state index is 0.140. The smallest absolute Gasteiger partial charge is 0.303 e. The van der Waals surface area contributed by atoms with Crippen molar-refractivity contribution in [2.45, 2.75) is 70.5 Å². The van der Waals surface area contributed by atoms with E-state index in [0.717, 1.165) is 25.7 Å². The van der Waals surface area contributed by atoms with Gasteiger partial charge in [0.2, 0.25) is 0 Å². The summed E-state index contributed by atoms with van der Waals surface area (Å²) in [5, 5.41) is 26.3. The number of carboxylic acids is 1. The van der Waals surface area contributed by atoms with Crippen molar-refractivity contribution in [2.75, 3.05) is 0 Å². The molecule has 0 heterocycles. The molecule has 0 spiro atoms. The van der Waals surface area contributed by atoms with E-state index in [2.05, 4.69) is 16.7 Å². The Morgan fingerprint density at radius 1 is 0.893 bits per heavy atom. The topological polar surface area (TPSA) is 96.2 Å². The highest BCUT2D eigenvalue weighted by molar-refractivity contribution is 5.66. The van der Waals surface area contributed by atoms with E-state index in [0.29, 0.717) is 19.3 Å². The van der Waals surface area contributed by atoms with Crippen LogP contribution in [0.2, 0.25) is 0 Å². The van der Waals surface area contributed by atoms with Crippen LogP contribution < -0.4 is 0 Å². The molecule has 2 unspecified atom stereocenters. The molecule has 0 saturated heterocycles. The van der Waals surface area contributed by atoms with Crippen molar-refractivity contribution in [3.05, 3.63) is 60.8 Å². The predicted octanol–water partition coefficient (Wildman–Crippen LogP) is 5.71. The molecule has 158 valence electrons. The van der Waals surface area contributed by atoms with Crippen molar-refractivity contribution in [1.82, 2.24) is 0 Å². The van der Waals surface area contributed by atoms with Gasteiger partial charge in [-0.1, -0.05) is 86.9 Å². The number of carboxylic acid groups (broad SMARTS) is 1. The van der Waals surface area contributed by atoms with Gasteiger partial charge >= 0.3 is 5.97 Å². The van der Waals surface area contributed by atoms with Gasteiger partial charge in [0.1, 0.15) is 12.2 Å². The van der Waals surface area contributed by atoms with E-state index in [1.165, 1.54) is 0 Å². The second-order valence-electron chi connectivity index (χ2n) is 6.28. The summed E-state index contributed by atoms with van der Waals surface area (Å²) in [6.07, 6.45) is 23.5. The molecular formula is C22H34O6. The van der Waals surface area contributed by atoms with Gasteiger partial charge < -0.3 is 5.11 Å². The summed E-state index contributed by atoms with van der Waals surface area (Å²) in [7, 11) is 0. The Balaban J connectivity index is 4.10. The lowest BCUT2D eigenvalue weighted by Crippen LogP contribution is -2.06. The number of allylic oxidation sites excluding steroid dienone is 7. The van der Waals surface area contributed by atoms with Crippen molar-refractivity contribution in [3.8, 4) is 0 Å². The first kappa shape index (κ1) is 26.0. The quantitative estimate of drug-likeness (QED) is 0.0961. The van der Waals surface area contributed by atoms with Crippen LogP contribution >= 0.6 is 0 Å². The number of hydrogen-bond donors (Lipinski definition) is 3. The molecule has 28 heavy (non-hydrogen) atoms. The zero-order valence-corrected chi connectivity index (χ0v) is 16.7. The van der Waals surface area contributed by atoms with Crippen LogP contribution in [0.1, 0.15) is 58.3 Å². The zero-order valence-electron chi connectivity index (χ0n) is 16.7. The number of carbonyl (C=O) groups is 1. The molecule has 0 aromatic heterocycles. The Morgan fingerprint density at radius 3 is 2.14 bits per heavy atom. The maximum Gasteiger partial charge on any atom is 0.303 e. The maximum absolute atomic E-state index is 10.4. The van der Waals surface area contributed by atoms with E-state index in [-0.39, 0.29) is 12.5 Å². The molecule has 0 fully saturated rings. The molecular weight excluding hydrogens is 360 g/mol. The van der Waals surface area contributed by atoms with Crippen LogP contribution in [0.3, 0.4) is 0 Å². The minimum Gasteiger partial charge on any atom is -0.481 e. The highest BCUT2D eigenvalue weighted by atomic mass is 17.1. The van der Waals surface area contributed by atoms with Crippen LogP contribution in [0.4, 0.5) is 0 Å². The monoisotopic (exact) mass is 394 g/mol. The highest BCUT2D eigenvalue weighted by Gasteiger charge is 2.02. The van der Waals surface area contributed by atoms with Crippen LogP contribution in [0, 0.1) is 0 Å². The Hall–Kier alpha value is -1.99. The summed E-state index contributed by atoms with van der Waals surface area (Å²) < 4.78 is 0. The third kappa shape index (κ3) is 17.4. The molecule has 0 bridgehead atoms. The molecule has 0 saturated carbocycles. The summed E-state index contributed by atoms with van der Waals surface area (Å²) in [5.74, 6) is -0.798. The van der Waals surface area contributed by atoms with Crippen LogP contribution in [0.25, 0.3) is 0 Å². The fraction of sp³-hybridized carbons (Fsp3) is 0.500. The standard InChI is InChI=1S/C22H34O6/c1-2-3-10-15-20(27-25)17-12-8-9-13-18-21(28-26)16-11-6-4-5-7-14-19-22(23)24/h5-9,11-13,17-18,20-21,25-26H,2-4,10,14-16,19H2,1H3,(H,23,24). The van der Waals surface area contributed by atoms with Gasteiger partial charge in [-0.05, 0) is 25.7 Å². The van der Waals surface area contributed by atoms with Gasteiger partial charge in [0.25, 0.3) is 0 Å². The molecule has 0 aromatic carbocycles. The van der Waals surface area contributed by atoms with Crippen LogP contribution in [-0.2, 0) is 14.6 Å². The van der Waals surface area contributed by atoms with E-state index in [1.54, 1.807) is 24.3 Å². The number of hydrogen-bond acceptors (Lipinski definition) is 5. The lowest BCUT2D eigenvalue weighted by Gasteiger charge is -2.07. The highest BCUT2D eigenvalue weighted by Crippen LogP contribution is 2.07. The summed E-state index contributed by atoms with van der Waals surface area (Å²) in [5.41, 5.74) is 0. The Labute approximate surface area is 168 Å². The molecule has 3 N–H and O–H groups in total. The lowest BCUT2D eigenvalue weighted by atomic mass is 10.1. The average Bonchev–Trinajstić information content (AvgIpc) is 2.69. The number of unbranched alkanes of at least 4 members (excludes halogenated alkanes) is 2. The summed E-state index contributed by atoms with van der Waals surface area (Å²) in [4.78, 5) is 19.2. The third-order valence-electron chi connectivity index (χ3n) is 3.85. The first-order chi connectivity index (χ1) is 13.6. The number of rotatable bonds is 17. The van der Waals surface area contributed by atoms with Crippen molar-refractivity contribution >= 4 is 5.97 Å². The summed E-state index contributed by atoms with van der Waals surface area (Å²) in [6, 6.07) is 0. The number of aliphatic carboxylic acids is 1. The Bertz CT molecular complexity index is 519. The van der Waals surface area contributed by atoms with Gasteiger partial charge in [0.05, 0.1) is 0 Å². The first-order valence-electron chi connectivity index (χ1n) is 9.77. The normalized spacial score (nSPS) is 15.0. The Morgan fingerprint density at radius 2 is 1.54 bits per heavy atom. The van der Waals surface area contributed by atoms with E-state index < -0.39 is 12.1 Å². The summed E-state index contributed by atoms with van der Waals surface area (Å²) >= 11 is 0. The molecule has 2 atom stereocenters. The van der Waals surface area contributed by atoms with E-state index >= 15 is 0 Å². The molecule has 0 aliphatic heterocycles. The molecule has 0 aromatic rings. The molecule has 6 nitrogen and oxygen atoms in total. The molecule has 0 radical (unpaired) electrons. The van der Waals surface area contributed by atoms with Crippen LogP contribution in [0.5, 0.6) is 0 Å². The third-order valence-corrected chi connectivity index (χ3v) is 3.85. The molecule has 6 heteroatoms. The first-order valence-corrected chi connectivity index (χ1v) is 9.77. The fourth-order valence-electron chi connectivity index (χ4n) is 2.27. The van der Waals surface area contributed by atoms with Crippen molar-refractivity contribution < 1.29 is 30.2 Å². The maximum atomic E-state index is 10.4. The molecule has 0 amide bonds. The minimum atomic E-state index is -0.798. The van der Waals surface area contributed by atoms with Gasteiger partial charge in [0.15, 0.2) is 0 Å². The van der Waals surface area contributed by atoms with Crippen LogP contribution in [0.15, 0.2) is 60.8 Å². The molecule has 0 aliphatic rings. The van der Waals surface area contributed by atoms with Crippen LogP contribution in [-0.4, -0.2) is 33.8 Å². The largest absolute Gasteiger partial charge is 0.481 e. The summed E-state index contributed by atoms with van der Waals surface area (Å²) in [6.45, 7) is 2.13. The van der Waals surface area contributed by atoms with Gasteiger partial charge in [-0.25, -0.2) is 9.78 Å². The van der Waals surface area contributed by atoms with E-state index in [9.17, 15) is 4.79 Å². The van der Waals surface area contributed by atoms with Gasteiger partial charge in [0, 0.05) is 6.42 Å². The second kappa shape index (κ2) is 19.8. The van der Waals surface area contributed by atoms with Gasteiger partial charge in [-0.3, -0.25) is 15.3 Å². The molecule has 0 aliphatic carbocycles. The van der Waals surface area contributed by atoms with Gasteiger partial charge in [-0.2, -0.15) is 0 Å². The predicted molar refractivity (Wildman–Crippen MR) is 111 cm³/mol. The Kier molecular flexibility index (Phi) is 18.4. The van der Waals surface area contributed by atoms with E-state index in [4.69, 9.17) is 15.6 Å². The van der Waals surface area contributed by atoms with Crippen molar-refractivity contribution in [2.24, 2.45) is 0 Å². The van der Waals surface area contributed by atoms with E-state index in [1.807, 2.05) is 36.5 Å². The average molecular weight is 395 g/mol. The second-order valence-corrected chi connectivity index (χ2v) is 6.28. The van der Waals surface area contributed by atoms with Gasteiger partial charge in [-0.15, -0.1) is 0 Å². The van der Waals surface area contributed by atoms with Crippen molar-refractivity contribution in [3.63, 3.8) is 0 Å².